The van der Waals surface area contributed by atoms with Crippen molar-refractivity contribution in [2.75, 3.05) is 5.32 Å². The molecule has 1 amide bonds. The third kappa shape index (κ3) is 2.60. The maximum absolute atomic E-state index is 12.5. The van der Waals surface area contributed by atoms with Crippen LogP contribution in [0.1, 0.15) is 6.42 Å². The molecular formula is C16H14N2O3S. The van der Waals surface area contributed by atoms with Crippen molar-refractivity contribution in [1.82, 2.24) is 0 Å². The van der Waals surface area contributed by atoms with Crippen LogP contribution in [0.5, 0.6) is 0 Å². The Morgan fingerprint density at radius 2 is 1.82 bits per heavy atom. The highest BCUT2D eigenvalue weighted by Gasteiger charge is 2.51. The Balaban J connectivity index is 1.73. The van der Waals surface area contributed by atoms with Gasteiger partial charge in [0.2, 0.25) is 5.91 Å². The molecule has 6 heteroatoms. The van der Waals surface area contributed by atoms with Crippen molar-refractivity contribution in [1.29, 1.82) is 5.26 Å². The highest BCUT2D eigenvalue weighted by atomic mass is 32.2. The molecule has 3 rings (SSSR count). The molecule has 2 aliphatic carbocycles. The lowest BCUT2D eigenvalue weighted by Crippen LogP contribution is -2.36. The van der Waals surface area contributed by atoms with E-state index in [0.29, 0.717) is 5.69 Å². The molecule has 0 radical (unpaired) electrons. The molecule has 2 aliphatic rings. The molecule has 1 saturated carbocycles. The quantitative estimate of drug-likeness (QED) is 0.506. The molecule has 0 aromatic heterocycles. The number of aliphatic carboxylic acids is 1. The summed E-state index contributed by atoms with van der Waals surface area (Å²) in [6.07, 6.45) is 4.62. The Bertz CT molecular complexity index is 678. The van der Waals surface area contributed by atoms with Gasteiger partial charge in [-0.15, -0.1) is 0 Å². The first kappa shape index (κ1) is 14.7. The van der Waals surface area contributed by atoms with Gasteiger partial charge in [-0.25, -0.2) is 0 Å². The summed E-state index contributed by atoms with van der Waals surface area (Å²) in [5.41, 5.74) is 0.614. The summed E-state index contributed by atoms with van der Waals surface area (Å²) in [5, 5.41) is 22.7. The summed E-state index contributed by atoms with van der Waals surface area (Å²) in [7, 11) is 0. The van der Waals surface area contributed by atoms with Gasteiger partial charge >= 0.3 is 5.97 Å². The lowest BCUT2D eigenvalue weighted by molar-refractivity contribution is -0.146. The van der Waals surface area contributed by atoms with E-state index in [1.807, 2.05) is 17.6 Å². The van der Waals surface area contributed by atoms with Gasteiger partial charge in [-0.3, -0.25) is 9.59 Å². The fourth-order valence-electron chi connectivity index (χ4n) is 3.40. The maximum Gasteiger partial charge on any atom is 0.307 e. The van der Waals surface area contributed by atoms with Crippen molar-refractivity contribution in [2.24, 2.45) is 23.7 Å². The zero-order chi connectivity index (χ0) is 15.7. The molecule has 1 fully saturated rings. The number of carbonyl (C=O) groups excluding carboxylic acids is 1. The predicted octanol–water partition coefficient (Wildman–Crippen LogP) is 2.72. The minimum atomic E-state index is -0.905. The molecule has 0 saturated heterocycles. The Labute approximate surface area is 132 Å². The summed E-state index contributed by atoms with van der Waals surface area (Å²) in [6.45, 7) is 0. The summed E-state index contributed by atoms with van der Waals surface area (Å²) >= 11 is 1.05. The van der Waals surface area contributed by atoms with Crippen molar-refractivity contribution in [3.63, 3.8) is 0 Å². The first-order chi connectivity index (χ1) is 10.6. The largest absolute Gasteiger partial charge is 0.481 e. The van der Waals surface area contributed by atoms with Gasteiger partial charge in [-0.2, -0.15) is 5.26 Å². The van der Waals surface area contributed by atoms with Crippen molar-refractivity contribution >= 4 is 29.3 Å². The molecular weight excluding hydrogens is 300 g/mol. The van der Waals surface area contributed by atoms with Crippen LogP contribution in [0.4, 0.5) is 5.69 Å². The van der Waals surface area contributed by atoms with Crippen molar-refractivity contribution in [3.05, 3.63) is 36.4 Å². The number of nitriles is 1. The fourth-order valence-corrected chi connectivity index (χ4v) is 3.78. The molecule has 0 heterocycles. The molecule has 112 valence electrons. The number of benzene rings is 1. The van der Waals surface area contributed by atoms with Gasteiger partial charge in [0.15, 0.2) is 0 Å². The first-order valence-electron chi connectivity index (χ1n) is 6.98. The molecule has 2 bridgehead atoms. The number of carboxylic acid groups (broad SMARTS) is 1. The number of thioether (sulfide) groups is 1. The van der Waals surface area contributed by atoms with E-state index in [2.05, 4.69) is 5.32 Å². The van der Waals surface area contributed by atoms with Crippen molar-refractivity contribution < 1.29 is 14.7 Å². The second kappa shape index (κ2) is 5.85. The van der Waals surface area contributed by atoms with Crippen LogP contribution < -0.4 is 5.32 Å². The molecule has 1 aromatic rings. The topological polar surface area (TPSA) is 90.2 Å². The van der Waals surface area contributed by atoms with E-state index >= 15 is 0 Å². The van der Waals surface area contributed by atoms with E-state index in [4.69, 9.17) is 5.26 Å². The number of rotatable bonds is 4. The number of nitrogens with zero attached hydrogens (tertiary/aromatic N) is 1. The third-order valence-electron chi connectivity index (χ3n) is 4.33. The lowest BCUT2D eigenvalue weighted by atomic mass is 9.82. The number of fused-ring (bicyclic) bond motifs is 2. The zero-order valence-corrected chi connectivity index (χ0v) is 12.4. The van der Waals surface area contributed by atoms with E-state index in [0.717, 1.165) is 23.1 Å². The van der Waals surface area contributed by atoms with Crippen LogP contribution in [0.2, 0.25) is 0 Å². The molecule has 2 N–H and O–H groups in total. The summed E-state index contributed by atoms with van der Waals surface area (Å²) in [6, 6.07) is 6.94. The van der Waals surface area contributed by atoms with Gasteiger partial charge in [-0.1, -0.05) is 12.2 Å². The normalized spacial score (nSPS) is 28.3. The molecule has 0 unspecified atom stereocenters. The smallest absolute Gasteiger partial charge is 0.307 e. The number of thiocyanates is 1. The lowest BCUT2D eigenvalue weighted by Gasteiger charge is -2.23. The van der Waals surface area contributed by atoms with Crippen LogP contribution in [-0.4, -0.2) is 17.0 Å². The number of carbonyl (C=O) groups is 2. The first-order valence-corrected chi connectivity index (χ1v) is 7.80. The van der Waals surface area contributed by atoms with Gasteiger partial charge in [-0.05, 0) is 54.3 Å². The minimum absolute atomic E-state index is 0.0134. The van der Waals surface area contributed by atoms with Crippen LogP contribution in [0, 0.1) is 34.3 Å². The number of allylic oxidation sites excluding steroid dienone is 2. The number of hydrogen-bond acceptors (Lipinski definition) is 4. The maximum atomic E-state index is 12.5. The Kier molecular flexibility index (Phi) is 3.90. The Morgan fingerprint density at radius 1 is 1.18 bits per heavy atom. The zero-order valence-electron chi connectivity index (χ0n) is 11.6. The average molecular weight is 314 g/mol. The van der Waals surface area contributed by atoms with Gasteiger partial charge in [0.05, 0.1) is 11.8 Å². The van der Waals surface area contributed by atoms with Gasteiger partial charge in [0.25, 0.3) is 0 Å². The van der Waals surface area contributed by atoms with Crippen LogP contribution in [-0.2, 0) is 9.59 Å². The molecule has 0 aliphatic heterocycles. The van der Waals surface area contributed by atoms with E-state index < -0.39 is 17.8 Å². The van der Waals surface area contributed by atoms with Gasteiger partial charge in [0, 0.05) is 10.6 Å². The number of carboxylic acids is 1. The van der Waals surface area contributed by atoms with E-state index in [-0.39, 0.29) is 17.7 Å². The summed E-state index contributed by atoms with van der Waals surface area (Å²) in [5.74, 6) is -2.32. The Morgan fingerprint density at radius 3 is 2.41 bits per heavy atom. The molecule has 22 heavy (non-hydrogen) atoms. The number of anilines is 1. The molecule has 0 spiro atoms. The summed E-state index contributed by atoms with van der Waals surface area (Å²) in [4.78, 5) is 24.7. The predicted molar refractivity (Wildman–Crippen MR) is 81.9 cm³/mol. The molecule has 5 nitrogen and oxygen atoms in total. The number of nitrogens with one attached hydrogen (secondary N) is 1. The van der Waals surface area contributed by atoms with E-state index in [1.54, 1.807) is 24.3 Å². The SMILES string of the molecule is N#CSc1ccc(NC(=O)[C@H]2[C@@H](C(=O)O)[C@H]3C=C[C@H]2C3)cc1. The number of amides is 1. The standard InChI is InChI=1S/C16H14N2O3S/c17-8-22-12-5-3-11(4-6-12)18-15(19)13-9-1-2-10(7-9)14(13)16(20)21/h1-6,9-10,13-14H,7H2,(H,18,19)(H,20,21)/t9-,10-,13+,14-/m0/s1. The minimum Gasteiger partial charge on any atom is -0.481 e. The van der Waals surface area contributed by atoms with Crippen molar-refractivity contribution in [3.8, 4) is 5.40 Å². The highest BCUT2D eigenvalue weighted by Crippen LogP contribution is 2.48. The van der Waals surface area contributed by atoms with Gasteiger partial charge < -0.3 is 10.4 Å². The fraction of sp³-hybridized carbons (Fsp3) is 0.312. The molecule has 4 atom stereocenters. The van der Waals surface area contributed by atoms with Gasteiger partial charge in [0.1, 0.15) is 5.40 Å². The highest BCUT2D eigenvalue weighted by molar-refractivity contribution is 8.03. The van der Waals surface area contributed by atoms with Crippen LogP contribution in [0.25, 0.3) is 0 Å². The third-order valence-corrected chi connectivity index (χ3v) is 4.93. The molecule has 1 aromatic carbocycles. The van der Waals surface area contributed by atoms with Crippen LogP contribution in [0.3, 0.4) is 0 Å². The average Bonchev–Trinajstić information content (AvgIpc) is 3.10. The Hall–Kier alpha value is -2.26. The van der Waals surface area contributed by atoms with E-state index in [9.17, 15) is 14.7 Å². The van der Waals surface area contributed by atoms with Crippen molar-refractivity contribution in [2.45, 2.75) is 11.3 Å². The second-order valence-corrected chi connectivity index (χ2v) is 6.40. The van der Waals surface area contributed by atoms with Crippen LogP contribution >= 0.6 is 11.8 Å². The number of hydrogen-bond donors (Lipinski definition) is 2. The summed E-state index contributed by atoms with van der Waals surface area (Å²) < 4.78 is 0. The monoisotopic (exact) mass is 314 g/mol. The van der Waals surface area contributed by atoms with Crippen LogP contribution in [0.15, 0.2) is 41.3 Å². The second-order valence-electron chi connectivity index (χ2n) is 5.55. The van der Waals surface area contributed by atoms with E-state index in [1.165, 1.54) is 0 Å².